The lowest BCUT2D eigenvalue weighted by Crippen LogP contribution is -2.38. The van der Waals surface area contributed by atoms with Crippen molar-refractivity contribution in [2.24, 2.45) is 5.41 Å². The smallest absolute Gasteiger partial charge is 0.153 e. The molecule has 1 aliphatic heterocycles. The van der Waals surface area contributed by atoms with E-state index in [2.05, 4.69) is 28.7 Å². The van der Waals surface area contributed by atoms with Gasteiger partial charge < -0.3 is 10.0 Å². The molecule has 3 heterocycles. The normalized spacial score (nSPS) is 16.8. The molecular weight excluding hydrogens is 391 g/mol. The van der Waals surface area contributed by atoms with E-state index in [1.807, 2.05) is 6.92 Å². The molecule has 5 nitrogen and oxygen atoms in total. The second-order valence-corrected chi connectivity index (χ2v) is 8.98. The Labute approximate surface area is 168 Å². The van der Waals surface area contributed by atoms with Gasteiger partial charge in [-0.05, 0) is 31.2 Å². The Morgan fingerprint density at radius 2 is 1.92 bits per heavy atom. The average Bonchev–Trinajstić information content (AvgIpc) is 2.60. The fourth-order valence-corrected chi connectivity index (χ4v) is 4.20. The molecule has 2 aromatic rings. The van der Waals surface area contributed by atoms with Gasteiger partial charge in [0.2, 0.25) is 0 Å². The van der Waals surface area contributed by atoms with Crippen molar-refractivity contribution in [3.05, 3.63) is 33.8 Å². The zero-order valence-electron chi connectivity index (χ0n) is 15.1. The van der Waals surface area contributed by atoms with E-state index in [4.69, 9.17) is 28.2 Å². The van der Waals surface area contributed by atoms with Crippen molar-refractivity contribution < 1.29 is 5.11 Å². The second kappa shape index (κ2) is 7.89. The minimum absolute atomic E-state index is 0.152. The molecule has 1 aliphatic rings. The fraction of sp³-hybridized carbons (Fsp3) is 0.500. The van der Waals surface area contributed by atoms with Gasteiger partial charge in [0.05, 0.1) is 17.3 Å². The molecular formula is C18H22Cl2N4OS. The summed E-state index contributed by atoms with van der Waals surface area (Å²) in [7, 11) is 0. The number of anilines is 1. The van der Waals surface area contributed by atoms with Crippen molar-refractivity contribution >= 4 is 40.8 Å². The largest absolute Gasteiger partial charge is 0.390 e. The van der Waals surface area contributed by atoms with Crippen molar-refractivity contribution in [2.75, 3.05) is 18.0 Å². The van der Waals surface area contributed by atoms with Gasteiger partial charge in [-0.3, -0.25) is 0 Å². The number of aromatic nitrogens is 3. The van der Waals surface area contributed by atoms with Crippen LogP contribution in [0, 0.1) is 12.3 Å². The van der Waals surface area contributed by atoms with Crippen LogP contribution in [-0.2, 0) is 6.61 Å². The molecule has 140 valence electrons. The molecule has 0 saturated carbocycles. The van der Waals surface area contributed by atoms with Crippen LogP contribution in [0.15, 0.2) is 22.2 Å². The quantitative estimate of drug-likeness (QED) is 0.730. The number of rotatable bonds is 4. The molecule has 1 saturated heterocycles. The lowest BCUT2D eigenvalue weighted by atomic mass is 9.82. The van der Waals surface area contributed by atoms with Crippen molar-refractivity contribution in [1.29, 1.82) is 0 Å². The molecule has 2 aromatic heterocycles. The number of nitrogens with zero attached hydrogens (tertiary/aromatic N) is 4. The number of hydrogen-bond acceptors (Lipinski definition) is 6. The summed E-state index contributed by atoms with van der Waals surface area (Å²) in [5.41, 5.74) is 1.75. The predicted octanol–water partition coefficient (Wildman–Crippen LogP) is 4.76. The minimum Gasteiger partial charge on any atom is -0.390 e. The molecule has 0 aromatic carbocycles. The van der Waals surface area contributed by atoms with Crippen molar-refractivity contribution in [2.45, 2.75) is 50.1 Å². The van der Waals surface area contributed by atoms with Gasteiger partial charge in [-0.25, -0.2) is 15.0 Å². The van der Waals surface area contributed by atoms with Gasteiger partial charge in [0, 0.05) is 24.2 Å². The maximum Gasteiger partial charge on any atom is 0.153 e. The van der Waals surface area contributed by atoms with Crippen LogP contribution in [-0.4, -0.2) is 33.1 Å². The molecule has 1 fully saturated rings. The van der Waals surface area contributed by atoms with E-state index in [9.17, 15) is 5.11 Å². The van der Waals surface area contributed by atoms with Crippen LogP contribution in [0.5, 0.6) is 0 Å². The molecule has 8 heteroatoms. The standard InChI is InChI=1S/C18H22Cl2N4OS/c1-11-17(26-13-4-7-21-15(20)14(13)19)23-12(10-25)16(22-11)24-8-5-18(2,3)6-9-24/h4,7,25H,5-6,8-10H2,1-3H3. The third-order valence-electron chi connectivity index (χ3n) is 4.66. The van der Waals surface area contributed by atoms with Gasteiger partial charge in [0.25, 0.3) is 0 Å². The highest BCUT2D eigenvalue weighted by Gasteiger charge is 2.28. The van der Waals surface area contributed by atoms with Crippen LogP contribution >= 0.6 is 35.0 Å². The molecule has 0 radical (unpaired) electrons. The fourth-order valence-electron chi connectivity index (χ4n) is 2.89. The zero-order valence-corrected chi connectivity index (χ0v) is 17.4. The molecule has 0 unspecified atom stereocenters. The van der Waals surface area contributed by atoms with E-state index >= 15 is 0 Å². The molecule has 3 rings (SSSR count). The van der Waals surface area contributed by atoms with Crippen molar-refractivity contribution in [1.82, 2.24) is 15.0 Å². The molecule has 0 bridgehead atoms. The summed E-state index contributed by atoms with van der Waals surface area (Å²) in [5, 5.41) is 11.2. The van der Waals surface area contributed by atoms with Crippen LogP contribution in [0.3, 0.4) is 0 Å². The zero-order chi connectivity index (χ0) is 18.9. The first-order valence-corrected chi connectivity index (χ1v) is 10.1. The van der Waals surface area contributed by atoms with Gasteiger partial charge in [0.1, 0.15) is 15.9 Å². The molecule has 1 N–H and O–H groups in total. The summed E-state index contributed by atoms with van der Waals surface area (Å²) < 4.78 is 0. The maximum absolute atomic E-state index is 9.84. The number of halogens is 2. The Morgan fingerprint density at radius 3 is 2.58 bits per heavy atom. The van der Waals surface area contributed by atoms with Crippen molar-refractivity contribution in [3.8, 4) is 0 Å². The topological polar surface area (TPSA) is 62.1 Å². The highest BCUT2D eigenvalue weighted by molar-refractivity contribution is 7.99. The number of pyridine rings is 1. The monoisotopic (exact) mass is 412 g/mol. The van der Waals surface area contributed by atoms with Gasteiger partial charge in [-0.1, -0.05) is 48.8 Å². The Morgan fingerprint density at radius 1 is 1.23 bits per heavy atom. The first-order valence-electron chi connectivity index (χ1n) is 8.52. The number of aliphatic hydroxyl groups excluding tert-OH is 1. The molecule has 0 atom stereocenters. The number of aryl methyl sites for hydroxylation is 1. The van der Waals surface area contributed by atoms with Gasteiger partial charge in [0.15, 0.2) is 5.82 Å². The number of piperidine rings is 1. The third-order valence-corrected chi connectivity index (χ3v) is 6.68. The Kier molecular flexibility index (Phi) is 5.97. The summed E-state index contributed by atoms with van der Waals surface area (Å²) in [4.78, 5) is 16.4. The third kappa shape index (κ3) is 4.25. The van der Waals surface area contributed by atoms with Gasteiger partial charge >= 0.3 is 0 Å². The number of aliphatic hydroxyl groups is 1. The van der Waals surface area contributed by atoms with Crippen LogP contribution in [0.25, 0.3) is 0 Å². The Hall–Kier alpha value is -1.08. The lowest BCUT2D eigenvalue weighted by Gasteiger charge is -2.38. The molecule has 26 heavy (non-hydrogen) atoms. The van der Waals surface area contributed by atoms with E-state index in [0.29, 0.717) is 21.2 Å². The van der Waals surface area contributed by atoms with E-state index in [0.717, 1.165) is 42.3 Å². The summed E-state index contributed by atoms with van der Waals surface area (Å²) in [6.07, 6.45) is 3.80. The molecule has 0 spiro atoms. The predicted molar refractivity (Wildman–Crippen MR) is 106 cm³/mol. The van der Waals surface area contributed by atoms with Crippen LogP contribution < -0.4 is 4.90 Å². The number of hydrogen-bond donors (Lipinski definition) is 1. The first-order chi connectivity index (χ1) is 12.3. The average molecular weight is 413 g/mol. The lowest BCUT2D eigenvalue weighted by molar-refractivity contribution is 0.267. The Balaban J connectivity index is 1.89. The summed E-state index contributed by atoms with van der Waals surface area (Å²) >= 11 is 13.6. The van der Waals surface area contributed by atoms with Crippen LogP contribution in [0.2, 0.25) is 10.2 Å². The Bertz CT molecular complexity index is 806. The van der Waals surface area contributed by atoms with E-state index in [1.165, 1.54) is 11.8 Å². The SMILES string of the molecule is Cc1nc(N2CCC(C)(C)CC2)c(CO)nc1Sc1ccnc(Cl)c1Cl. The summed E-state index contributed by atoms with van der Waals surface area (Å²) in [6.45, 7) is 8.19. The second-order valence-electron chi connectivity index (χ2n) is 7.21. The van der Waals surface area contributed by atoms with Gasteiger partial charge in [-0.15, -0.1) is 0 Å². The summed E-state index contributed by atoms with van der Waals surface area (Å²) in [6, 6.07) is 1.79. The first kappa shape index (κ1) is 19.7. The highest BCUT2D eigenvalue weighted by Crippen LogP contribution is 2.38. The van der Waals surface area contributed by atoms with Crippen LogP contribution in [0.4, 0.5) is 5.82 Å². The van der Waals surface area contributed by atoms with Crippen LogP contribution in [0.1, 0.15) is 38.1 Å². The van der Waals surface area contributed by atoms with E-state index in [1.54, 1.807) is 12.3 Å². The van der Waals surface area contributed by atoms with E-state index in [-0.39, 0.29) is 11.8 Å². The summed E-state index contributed by atoms with van der Waals surface area (Å²) in [5.74, 6) is 0.781. The van der Waals surface area contributed by atoms with E-state index < -0.39 is 0 Å². The molecule has 0 aliphatic carbocycles. The molecule has 0 amide bonds. The highest BCUT2D eigenvalue weighted by atomic mass is 35.5. The van der Waals surface area contributed by atoms with Gasteiger partial charge in [-0.2, -0.15) is 0 Å². The van der Waals surface area contributed by atoms with Crippen molar-refractivity contribution in [3.63, 3.8) is 0 Å². The maximum atomic E-state index is 9.84. The minimum atomic E-state index is -0.152.